The van der Waals surface area contributed by atoms with Gasteiger partial charge in [0, 0.05) is 18.9 Å². The van der Waals surface area contributed by atoms with E-state index in [-0.39, 0.29) is 12.0 Å². The molecule has 7 heteroatoms. The Morgan fingerprint density at radius 2 is 1.49 bits per heavy atom. The van der Waals surface area contributed by atoms with Gasteiger partial charge in [-0.05, 0) is 79.4 Å². The van der Waals surface area contributed by atoms with Crippen molar-refractivity contribution in [3.05, 3.63) is 108 Å². The molecule has 1 aliphatic rings. The van der Waals surface area contributed by atoms with Gasteiger partial charge in [0.2, 0.25) is 0 Å². The van der Waals surface area contributed by atoms with Crippen molar-refractivity contribution in [3.8, 4) is 11.5 Å². The molecule has 0 saturated carbocycles. The second-order valence-corrected chi connectivity index (χ2v) is 11.8. The van der Waals surface area contributed by atoms with E-state index in [9.17, 15) is 4.79 Å². The predicted molar refractivity (Wildman–Crippen MR) is 167 cm³/mol. The van der Waals surface area contributed by atoms with Crippen LogP contribution in [0.25, 0.3) is 10.8 Å². The first-order valence-electron chi connectivity index (χ1n) is 15.0. The predicted octanol–water partition coefficient (Wildman–Crippen LogP) is 7.93. The lowest BCUT2D eigenvalue weighted by molar-refractivity contribution is -0.179. The number of rotatable bonds is 11. The van der Waals surface area contributed by atoms with E-state index in [0.29, 0.717) is 32.9 Å². The molecule has 1 aliphatic heterocycles. The summed E-state index contributed by atoms with van der Waals surface area (Å²) in [6.45, 7) is 8.12. The lowest BCUT2D eigenvalue weighted by atomic mass is 9.87. The van der Waals surface area contributed by atoms with Crippen LogP contribution in [0.3, 0.4) is 0 Å². The molecule has 5 rings (SSSR count). The molecule has 7 nitrogen and oxygen atoms in total. The highest BCUT2D eigenvalue weighted by molar-refractivity contribution is 5.82. The standard InChI is InChI=1S/C36H41NO6/c1-36(2,3)42-35(38)43-37-21-20-33(34(25-37)41-26-27-14-15-28-10-7-8-11-30(28)24-27)29-16-18-32(19-17-29)40-23-9-22-39-31-12-5-4-6-13-31/h4-8,10-19,24,33-34H,9,20-23,25-26H2,1-3H3. The van der Waals surface area contributed by atoms with Gasteiger partial charge in [-0.25, -0.2) is 4.79 Å². The van der Waals surface area contributed by atoms with Gasteiger partial charge in [0.15, 0.2) is 0 Å². The highest BCUT2D eigenvalue weighted by Gasteiger charge is 2.34. The number of nitrogens with zero attached hydrogens (tertiary/aromatic N) is 1. The van der Waals surface area contributed by atoms with Crippen molar-refractivity contribution in [2.24, 2.45) is 0 Å². The van der Waals surface area contributed by atoms with E-state index in [1.165, 1.54) is 16.3 Å². The Bertz CT molecular complexity index is 1450. The summed E-state index contributed by atoms with van der Waals surface area (Å²) in [5, 5.41) is 4.04. The maximum atomic E-state index is 12.4. The van der Waals surface area contributed by atoms with Crippen molar-refractivity contribution >= 4 is 16.9 Å². The zero-order valence-corrected chi connectivity index (χ0v) is 25.2. The van der Waals surface area contributed by atoms with E-state index in [2.05, 4.69) is 42.5 Å². The number of carbonyl (C=O) groups is 1. The number of hydroxylamine groups is 2. The van der Waals surface area contributed by atoms with E-state index < -0.39 is 11.8 Å². The third-order valence-electron chi connectivity index (χ3n) is 7.27. The minimum atomic E-state index is -0.699. The van der Waals surface area contributed by atoms with Gasteiger partial charge in [-0.3, -0.25) is 0 Å². The van der Waals surface area contributed by atoms with Crippen LogP contribution in [0.2, 0.25) is 0 Å². The molecular formula is C36H41NO6. The summed E-state index contributed by atoms with van der Waals surface area (Å²) in [5.74, 6) is 1.82. The number of hydrogen-bond donors (Lipinski definition) is 0. The van der Waals surface area contributed by atoms with E-state index in [4.69, 9.17) is 23.8 Å². The van der Waals surface area contributed by atoms with E-state index >= 15 is 0 Å². The molecule has 2 unspecified atom stereocenters. The summed E-state index contributed by atoms with van der Waals surface area (Å²) < 4.78 is 23.6. The number of para-hydroxylation sites is 1. The first-order chi connectivity index (χ1) is 20.8. The zero-order valence-electron chi connectivity index (χ0n) is 25.2. The summed E-state index contributed by atoms with van der Waals surface area (Å²) in [7, 11) is 0. The highest BCUT2D eigenvalue weighted by atomic mass is 16.8. The van der Waals surface area contributed by atoms with E-state index in [0.717, 1.165) is 29.9 Å². The van der Waals surface area contributed by atoms with Crippen LogP contribution in [0.4, 0.5) is 4.79 Å². The van der Waals surface area contributed by atoms with Crippen LogP contribution >= 0.6 is 0 Å². The molecule has 4 aromatic rings. The third-order valence-corrected chi connectivity index (χ3v) is 7.27. The number of hydrogen-bond acceptors (Lipinski definition) is 7. The SMILES string of the molecule is CC(C)(C)OC(=O)ON1CCC(c2ccc(OCCCOc3ccccc3)cc2)C(OCc2ccc3ccccc3c2)C1. The van der Waals surface area contributed by atoms with Crippen LogP contribution in [0.1, 0.15) is 50.7 Å². The lowest BCUT2D eigenvalue weighted by Crippen LogP contribution is -2.45. The Balaban J connectivity index is 1.20. The molecule has 1 heterocycles. The van der Waals surface area contributed by atoms with Crippen LogP contribution in [0, 0.1) is 0 Å². The molecule has 1 saturated heterocycles. The average molecular weight is 584 g/mol. The largest absolute Gasteiger partial charge is 0.528 e. The van der Waals surface area contributed by atoms with Gasteiger partial charge in [-0.2, -0.15) is 0 Å². The number of benzene rings is 4. The minimum absolute atomic E-state index is 0.132. The summed E-state index contributed by atoms with van der Waals surface area (Å²) in [4.78, 5) is 17.9. The number of fused-ring (bicyclic) bond motifs is 1. The third kappa shape index (κ3) is 9.21. The smallest absolute Gasteiger partial charge is 0.493 e. The van der Waals surface area contributed by atoms with Gasteiger partial charge in [0.25, 0.3) is 0 Å². The maximum absolute atomic E-state index is 12.4. The fourth-order valence-corrected chi connectivity index (χ4v) is 5.19. The molecule has 4 aromatic carbocycles. The number of carbonyl (C=O) groups excluding carboxylic acids is 1. The second kappa shape index (κ2) is 14.4. The van der Waals surface area contributed by atoms with Crippen molar-refractivity contribution in [1.82, 2.24) is 5.06 Å². The van der Waals surface area contributed by atoms with Crippen LogP contribution in [-0.2, 0) is 20.9 Å². The average Bonchev–Trinajstić information content (AvgIpc) is 3.00. The topological polar surface area (TPSA) is 66.5 Å². The summed E-state index contributed by atoms with van der Waals surface area (Å²) >= 11 is 0. The van der Waals surface area contributed by atoms with Crippen molar-refractivity contribution in [1.29, 1.82) is 0 Å². The normalized spacial score (nSPS) is 17.4. The van der Waals surface area contributed by atoms with Crippen molar-refractivity contribution < 1.29 is 28.6 Å². The van der Waals surface area contributed by atoms with Crippen LogP contribution in [0.15, 0.2) is 97.1 Å². The molecule has 2 atom stereocenters. The Morgan fingerprint density at radius 3 is 2.21 bits per heavy atom. The van der Waals surface area contributed by atoms with E-state index in [1.807, 2.05) is 75.4 Å². The van der Waals surface area contributed by atoms with Crippen LogP contribution in [-0.4, -0.2) is 49.2 Å². The molecule has 0 amide bonds. The molecule has 0 N–H and O–H groups in total. The van der Waals surface area contributed by atoms with Gasteiger partial charge >= 0.3 is 6.16 Å². The molecule has 226 valence electrons. The Kier molecular flexibility index (Phi) is 10.2. The summed E-state index contributed by atoms with van der Waals surface area (Å²) in [6.07, 6.45) is 0.666. The zero-order chi connectivity index (χ0) is 30.1. The fourth-order valence-electron chi connectivity index (χ4n) is 5.19. The van der Waals surface area contributed by atoms with Gasteiger partial charge in [0.1, 0.15) is 17.1 Å². The van der Waals surface area contributed by atoms with Crippen molar-refractivity contribution in [3.63, 3.8) is 0 Å². The van der Waals surface area contributed by atoms with Crippen molar-refractivity contribution in [2.45, 2.75) is 57.8 Å². The fraction of sp³-hybridized carbons (Fsp3) is 0.361. The molecule has 43 heavy (non-hydrogen) atoms. The monoisotopic (exact) mass is 583 g/mol. The van der Waals surface area contributed by atoms with E-state index in [1.54, 1.807) is 5.06 Å². The first kappa shape index (κ1) is 30.4. The van der Waals surface area contributed by atoms with Crippen molar-refractivity contribution in [2.75, 3.05) is 26.3 Å². The first-order valence-corrected chi connectivity index (χ1v) is 15.0. The molecule has 1 fully saturated rings. The highest BCUT2D eigenvalue weighted by Crippen LogP contribution is 2.33. The summed E-state index contributed by atoms with van der Waals surface area (Å²) in [6, 6.07) is 32.7. The second-order valence-electron chi connectivity index (χ2n) is 11.8. The molecule has 0 aliphatic carbocycles. The van der Waals surface area contributed by atoms with Gasteiger partial charge in [-0.15, -0.1) is 5.06 Å². The Labute approximate surface area is 254 Å². The Hall–Kier alpha value is -4.07. The van der Waals surface area contributed by atoms with Gasteiger partial charge < -0.3 is 23.8 Å². The minimum Gasteiger partial charge on any atom is -0.493 e. The van der Waals surface area contributed by atoms with Crippen LogP contribution in [0.5, 0.6) is 11.5 Å². The Morgan fingerprint density at radius 1 is 0.814 bits per heavy atom. The van der Waals surface area contributed by atoms with Crippen LogP contribution < -0.4 is 9.47 Å². The quantitative estimate of drug-likeness (QED) is 0.131. The molecular weight excluding hydrogens is 542 g/mol. The van der Waals surface area contributed by atoms with Gasteiger partial charge in [-0.1, -0.05) is 66.7 Å². The molecule has 0 spiro atoms. The number of ether oxygens (including phenoxy) is 4. The number of piperidine rings is 1. The maximum Gasteiger partial charge on any atom is 0.528 e. The summed E-state index contributed by atoms with van der Waals surface area (Å²) in [5.41, 5.74) is 1.64. The molecule has 0 bridgehead atoms. The molecule has 0 aromatic heterocycles. The van der Waals surface area contributed by atoms with Gasteiger partial charge in [0.05, 0.1) is 32.5 Å². The molecule has 0 radical (unpaired) electrons. The lowest BCUT2D eigenvalue weighted by Gasteiger charge is -2.37.